The van der Waals surface area contributed by atoms with Crippen molar-refractivity contribution in [2.75, 3.05) is 6.61 Å². The Balaban J connectivity index is 1.49. The molecule has 0 saturated carbocycles. The molecule has 1 atom stereocenters. The lowest BCUT2D eigenvalue weighted by Crippen LogP contribution is -2.08. The molecule has 0 aliphatic rings. The first-order valence-electron chi connectivity index (χ1n) is 12.8. The average Bonchev–Trinajstić information content (AvgIpc) is 2.87. The van der Waals surface area contributed by atoms with Gasteiger partial charge in [-0.2, -0.15) is 0 Å². The molecule has 0 aliphatic heterocycles. The average molecular weight is 472 g/mol. The number of rotatable bonds is 14. The van der Waals surface area contributed by atoms with Crippen LogP contribution in [0, 0.1) is 5.82 Å². The summed E-state index contributed by atoms with van der Waals surface area (Å²) in [5.74, 6) is -0.232. The number of pyridine rings is 1. The minimum atomic E-state index is -0.232. The highest BCUT2D eigenvalue weighted by Crippen LogP contribution is 2.26. The van der Waals surface area contributed by atoms with Crippen molar-refractivity contribution in [1.82, 2.24) is 4.98 Å². The smallest absolute Gasteiger partial charge is 0.131 e. The molecule has 0 saturated heterocycles. The summed E-state index contributed by atoms with van der Waals surface area (Å²) in [6.07, 6.45) is 15.9. The summed E-state index contributed by atoms with van der Waals surface area (Å²) in [5, 5.41) is 0. The van der Waals surface area contributed by atoms with Crippen molar-refractivity contribution < 1.29 is 9.13 Å². The van der Waals surface area contributed by atoms with Crippen LogP contribution in [0.15, 0.2) is 79.5 Å². The van der Waals surface area contributed by atoms with E-state index in [-0.39, 0.29) is 5.82 Å². The lowest BCUT2D eigenvalue weighted by Gasteiger charge is -2.12. The van der Waals surface area contributed by atoms with Gasteiger partial charge < -0.3 is 4.74 Å². The van der Waals surface area contributed by atoms with Crippen molar-refractivity contribution in [2.45, 2.75) is 64.9 Å². The number of nitrogens with zero attached hydrogens (tertiary/aromatic N) is 1. The Morgan fingerprint density at radius 1 is 1.00 bits per heavy atom. The minimum absolute atomic E-state index is 0.232. The highest BCUT2D eigenvalue weighted by Gasteiger charge is 2.08. The summed E-state index contributed by atoms with van der Waals surface area (Å²) in [6, 6.07) is 17.6. The molecule has 3 aromatic rings. The summed E-state index contributed by atoms with van der Waals surface area (Å²) >= 11 is 0. The van der Waals surface area contributed by atoms with E-state index in [9.17, 15) is 4.39 Å². The molecular formula is C32H38FNO. The van der Waals surface area contributed by atoms with Crippen LogP contribution in [-0.2, 0) is 11.2 Å². The summed E-state index contributed by atoms with van der Waals surface area (Å²) in [4.78, 5) is 4.58. The third-order valence-electron chi connectivity index (χ3n) is 6.14. The third-order valence-corrected chi connectivity index (χ3v) is 6.14. The van der Waals surface area contributed by atoms with Gasteiger partial charge in [0.25, 0.3) is 0 Å². The van der Waals surface area contributed by atoms with Crippen LogP contribution in [0.2, 0.25) is 0 Å². The molecule has 35 heavy (non-hydrogen) atoms. The monoisotopic (exact) mass is 471 g/mol. The number of halogens is 1. The van der Waals surface area contributed by atoms with E-state index >= 15 is 0 Å². The van der Waals surface area contributed by atoms with Gasteiger partial charge in [0.1, 0.15) is 5.82 Å². The minimum Gasteiger partial charge on any atom is -0.379 e. The molecule has 2 nitrogen and oxygen atoms in total. The van der Waals surface area contributed by atoms with E-state index in [1.807, 2.05) is 24.3 Å². The Kier molecular flexibility index (Phi) is 10.9. The van der Waals surface area contributed by atoms with Gasteiger partial charge in [0, 0.05) is 29.5 Å². The number of unbranched alkanes of at least 4 members (excludes halogenated alkanes) is 3. The van der Waals surface area contributed by atoms with Crippen LogP contribution in [-0.4, -0.2) is 17.7 Å². The Morgan fingerprint density at radius 3 is 2.49 bits per heavy atom. The largest absolute Gasteiger partial charge is 0.379 e. The van der Waals surface area contributed by atoms with Gasteiger partial charge in [-0.15, -0.1) is 6.58 Å². The molecule has 0 bridgehead atoms. The summed E-state index contributed by atoms with van der Waals surface area (Å²) in [6.45, 7) is 8.98. The SMILES string of the molecule is C=CCc1ccc(-c2ccc(-c3ccc(C=CCCCC(C)OCCCCC)cc3)nc2)c(F)c1. The van der Waals surface area contributed by atoms with Gasteiger partial charge in [-0.25, -0.2) is 4.39 Å². The zero-order valence-corrected chi connectivity index (χ0v) is 21.2. The molecular weight excluding hydrogens is 433 g/mol. The molecule has 3 rings (SSSR count). The van der Waals surface area contributed by atoms with Crippen LogP contribution < -0.4 is 0 Å². The fourth-order valence-corrected chi connectivity index (χ4v) is 4.04. The van der Waals surface area contributed by atoms with Gasteiger partial charge in [-0.05, 0) is 62.3 Å². The zero-order chi connectivity index (χ0) is 24.9. The normalized spacial score (nSPS) is 12.2. The van der Waals surface area contributed by atoms with E-state index in [1.54, 1.807) is 18.3 Å². The lowest BCUT2D eigenvalue weighted by molar-refractivity contribution is 0.0566. The molecule has 0 fully saturated rings. The molecule has 1 unspecified atom stereocenters. The standard InChI is InChI=1S/C32H38FNO/c1-4-6-10-22-35-25(3)12-8-7-9-13-26-14-17-28(18-15-26)32-21-19-29(24-34-32)30-20-16-27(11-5-2)23-31(30)33/h5,9,13-21,23-25H,2,4,6-8,10-12,22H2,1,3H3. The van der Waals surface area contributed by atoms with Crippen molar-refractivity contribution in [1.29, 1.82) is 0 Å². The molecule has 3 heteroatoms. The highest BCUT2D eigenvalue weighted by atomic mass is 19.1. The van der Waals surface area contributed by atoms with Gasteiger partial charge in [0.2, 0.25) is 0 Å². The van der Waals surface area contributed by atoms with E-state index in [0.717, 1.165) is 48.3 Å². The topological polar surface area (TPSA) is 22.1 Å². The highest BCUT2D eigenvalue weighted by molar-refractivity contribution is 5.68. The quantitative estimate of drug-likeness (QED) is 0.173. The van der Waals surface area contributed by atoms with E-state index < -0.39 is 0 Å². The van der Waals surface area contributed by atoms with Crippen molar-refractivity contribution in [3.05, 3.63) is 96.5 Å². The van der Waals surface area contributed by atoms with Crippen LogP contribution >= 0.6 is 0 Å². The number of aromatic nitrogens is 1. The first-order valence-corrected chi connectivity index (χ1v) is 12.8. The number of hydrogen-bond donors (Lipinski definition) is 0. The van der Waals surface area contributed by atoms with Crippen LogP contribution in [0.25, 0.3) is 28.5 Å². The first-order chi connectivity index (χ1) is 17.1. The molecule has 0 aliphatic carbocycles. The Bertz CT molecular complexity index is 1070. The van der Waals surface area contributed by atoms with Crippen molar-refractivity contribution in [2.24, 2.45) is 0 Å². The molecule has 0 radical (unpaired) electrons. The summed E-state index contributed by atoms with van der Waals surface area (Å²) < 4.78 is 20.4. The van der Waals surface area contributed by atoms with Gasteiger partial charge in [0.15, 0.2) is 0 Å². The molecule has 0 N–H and O–H groups in total. The molecule has 0 spiro atoms. The summed E-state index contributed by atoms with van der Waals surface area (Å²) in [7, 11) is 0. The van der Waals surface area contributed by atoms with Crippen LogP contribution in [0.3, 0.4) is 0 Å². The maximum atomic E-state index is 14.5. The van der Waals surface area contributed by atoms with Gasteiger partial charge in [-0.3, -0.25) is 4.98 Å². The zero-order valence-electron chi connectivity index (χ0n) is 21.2. The van der Waals surface area contributed by atoms with Crippen molar-refractivity contribution in [3.63, 3.8) is 0 Å². The molecule has 1 aromatic heterocycles. The molecule has 1 heterocycles. The second-order valence-electron chi connectivity index (χ2n) is 9.08. The predicted octanol–water partition coefficient (Wildman–Crippen LogP) is 9.06. The van der Waals surface area contributed by atoms with Gasteiger partial charge in [0.05, 0.1) is 11.8 Å². The van der Waals surface area contributed by atoms with Gasteiger partial charge >= 0.3 is 0 Å². The maximum absolute atomic E-state index is 14.5. The van der Waals surface area contributed by atoms with Crippen molar-refractivity contribution in [3.8, 4) is 22.4 Å². The van der Waals surface area contributed by atoms with E-state index in [0.29, 0.717) is 18.1 Å². The maximum Gasteiger partial charge on any atom is 0.131 e. The number of hydrogen-bond acceptors (Lipinski definition) is 2. The Morgan fingerprint density at radius 2 is 1.80 bits per heavy atom. The second kappa shape index (κ2) is 14.4. The van der Waals surface area contributed by atoms with E-state index in [2.05, 4.69) is 61.8 Å². The Labute approximate surface area is 210 Å². The van der Waals surface area contributed by atoms with E-state index in [4.69, 9.17) is 4.74 Å². The second-order valence-corrected chi connectivity index (χ2v) is 9.08. The molecule has 0 amide bonds. The third kappa shape index (κ3) is 8.60. The fraction of sp³-hybridized carbons (Fsp3) is 0.344. The lowest BCUT2D eigenvalue weighted by atomic mass is 10.0. The number of benzene rings is 2. The van der Waals surface area contributed by atoms with E-state index in [1.165, 1.54) is 24.8 Å². The van der Waals surface area contributed by atoms with Crippen molar-refractivity contribution >= 4 is 6.08 Å². The fourth-order valence-electron chi connectivity index (χ4n) is 4.04. The summed E-state index contributed by atoms with van der Waals surface area (Å²) in [5.41, 5.74) is 5.36. The van der Waals surface area contributed by atoms with Crippen LogP contribution in [0.5, 0.6) is 0 Å². The molecule has 184 valence electrons. The number of ether oxygens (including phenoxy) is 1. The first kappa shape index (κ1) is 26.6. The van der Waals surface area contributed by atoms with Crippen LogP contribution in [0.1, 0.15) is 63.5 Å². The van der Waals surface area contributed by atoms with Gasteiger partial charge in [-0.1, -0.05) is 80.5 Å². The van der Waals surface area contributed by atoms with Crippen LogP contribution in [0.4, 0.5) is 4.39 Å². The Hall–Kier alpha value is -3.04. The number of allylic oxidation sites excluding steroid dienone is 2. The molecule has 2 aromatic carbocycles. The predicted molar refractivity (Wildman–Crippen MR) is 147 cm³/mol.